The minimum absolute atomic E-state index is 0.0251. The van der Waals surface area contributed by atoms with Crippen LogP contribution in [0, 0.1) is 0 Å². The predicted molar refractivity (Wildman–Crippen MR) is 74.5 cm³/mol. The first-order chi connectivity index (χ1) is 8.65. The van der Waals surface area contributed by atoms with Crippen LogP contribution in [0.2, 0.25) is 0 Å². The zero-order valence-electron chi connectivity index (χ0n) is 10.6. The summed E-state index contributed by atoms with van der Waals surface area (Å²) in [5, 5.41) is 3.48. The minimum atomic E-state index is -0.0716. The molecule has 5 heteroatoms. The van der Waals surface area contributed by atoms with E-state index in [4.69, 9.17) is 9.47 Å². The van der Waals surface area contributed by atoms with Crippen LogP contribution in [-0.2, 0) is 4.79 Å². The fourth-order valence-corrected chi connectivity index (χ4v) is 1.72. The van der Waals surface area contributed by atoms with Gasteiger partial charge in [-0.15, -0.1) is 0 Å². The van der Waals surface area contributed by atoms with Crippen molar-refractivity contribution in [2.45, 2.75) is 19.4 Å². The van der Waals surface area contributed by atoms with Crippen LogP contribution in [0.15, 0.2) is 24.3 Å². The number of halogens is 1. The highest BCUT2D eigenvalue weighted by Gasteiger charge is 2.06. The van der Waals surface area contributed by atoms with Gasteiger partial charge in [0.2, 0.25) is 5.91 Å². The SMILES string of the molecule is COc1ccc(OC(C)CNC(=O)CCBr)cc1. The van der Waals surface area contributed by atoms with Gasteiger partial charge < -0.3 is 14.8 Å². The van der Waals surface area contributed by atoms with Crippen LogP contribution in [0.3, 0.4) is 0 Å². The molecule has 1 rings (SSSR count). The molecule has 0 fully saturated rings. The smallest absolute Gasteiger partial charge is 0.220 e. The Bertz CT molecular complexity index is 367. The molecule has 0 saturated heterocycles. The number of carbonyl (C=O) groups is 1. The largest absolute Gasteiger partial charge is 0.497 e. The van der Waals surface area contributed by atoms with Crippen LogP contribution in [0.25, 0.3) is 0 Å². The Morgan fingerprint density at radius 2 is 1.94 bits per heavy atom. The van der Waals surface area contributed by atoms with Crippen molar-refractivity contribution < 1.29 is 14.3 Å². The number of methoxy groups -OCH3 is 1. The van der Waals surface area contributed by atoms with Crippen molar-refractivity contribution in [2.75, 3.05) is 19.0 Å². The molecular weight excluding hydrogens is 298 g/mol. The van der Waals surface area contributed by atoms with E-state index in [0.717, 1.165) is 11.5 Å². The van der Waals surface area contributed by atoms with Crippen LogP contribution in [0.5, 0.6) is 11.5 Å². The Labute approximate surface area is 116 Å². The minimum Gasteiger partial charge on any atom is -0.497 e. The molecule has 0 aliphatic rings. The highest BCUT2D eigenvalue weighted by Crippen LogP contribution is 2.17. The van der Waals surface area contributed by atoms with E-state index in [1.54, 1.807) is 7.11 Å². The highest BCUT2D eigenvalue weighted by molar-refractivity contribution is 9.09. The van der Waals surface area contributed by atoms with Gasteiger partial charge in [0.15, 0.2) is 0 Å². The molecule has 0 aliphatic carbocycles. The van der Waals surface area contributed by atoms with Gasteiger partial charge in [0.1, 0.15) is 17.6 Å². The summed E-state index contributed by atoms with van der Waals surface area (Å²) in [6.07, 6.45) is 0.410. The number of ether oxygens (including phenoxy) is 2. The predicted octanol–water partition coefficient (Wildman–Crippen LogP) is 2.36. The number of hydrogen-bond acceptors (Lipinski definition) is 3. The first-order valence-electron chi connectivity index (χ1n) is 5.79. The summed E-state index contributed by atoms with van der Waals surface area (Å²) in [6.45, 7) is 2.41. The third-order valence-corrected chi connectivity index (χ3v) is 2.70. The second kappa shape index (κ2) is 7.97. The molecule has 1 N–H and O–H groups in total. The van der Waals surface area contributed by atoms with E-state index in [-0.39, 0.29) is 12.0 Å². The summed E-state index contributed by atoms with van der Waals surface area (Å²) >= 11 is 3.22. The molecule has 1 aromatic rings. The Kier molecular flexibility index (Phi) is 6.57. The fourth-order valence-electron chi connectivity index (χ4n) is 1.36. The normalized spacial score (nSPS) is 11.7. The van der Waals surface area contributed by atoms with E-state index in [0.29, 0.717) is 18.3 Å². The van der Waals surface area contributed by atoms with Gasteiger partial charge in [-0.3, -0.25) is 4.79 Å². The van der Waals surface area contributed by atoms with Crippen molar-refractivity contribution in [1.82, 2.24) is 5.32 Å². The third kappa shape index (κ3) is 5.40. The fraction of sp³-hybridized carbons (Fsp3) is 0.462. The summed E-state index contributed by atoms with van der Waals surface area (Å²) in [7, 11) is 1.62. The van der Waals surface area contributed by atoms with Crippen LogP contribution >= 0.6 is 15.9 Å². The van der Waals surface area contributed by atoms with Gasteiger partial charge in [-0.1, -0.05) is 15.9 Å². The van der Waals surface area contributed by atoms with E-state index in [9.17, 15) is 4.79 Å². The van der Waals surface area contributed by atoms with Crippen molar-refractivity contribution in [1.29, 1.82) is 0 Å². The number of nitrogens with one attached hydrogen (secondary N) is 1. The zero-order valence-corrected chi connectivity index (χ0v) is 12.2. The molecule has 0 heterocycles. The van der Waals surface area contributed by atoms with Crippen LogP contribution < -0.4 is 14.8 Å². The molecule has 0 aromatic heterocycles. The summed E-state index contributed by atoms with van der Waals surface area (Å²) < 4.78 is 10.7. The lowest BCUT2D eigenvalue weighted by Crippen LogP contribution is -2.33. The lowest BCUT2D eigenvalue weighted by atomic mass is 10.3. The van der Waals surface area contributed by atoms with Gasteiger partial charge in [-0.05, 0) is 31.2 Å². The first kappa shape index (κ1) is 14.8. The van der Waals surface area contributed by atoms with Crippen molar-refractivity contribution >= 4 is 21.8 Å². The van der Waals surface area contributed by atoms with Gasteiger partial charge in [0.25, 0.3) is 0 Å². The van der Waals surface area contributed by atoms with Gasteiger partial charge in [-0.2, -0.15) is 0 Å². The quantitative estimate of drug-likeness (QED) is 0.786. The molecule has 0 aliphatic heterocycles. The number of amides is 1. The van der Waals surface area contributed by atoms with Gasteiger partial charge in [0, 0.05) is 11.8 Å². The molecule has 0 radical (unpaired) electrons. The second-order valence-corrected chi connectivity index (χ2v) is 4.64. The van der Waals surface area contributed by atoms with Crippen LogP contribution in [0.1, 0.15) is 13.3 Å². The number of rotatable bonds is 7. The van der Waals surface area contributed by atoms with E-state index in [2.05, 4.69) is 21.2 Å². The monoisotopic (exact) mass is 315 g/mol. The molecule has 1 atom stereocenters. The molecule has 0 spiro atoms. The van der Waals surface area contributed by atoms with Gasteiger partial charge >= 0.3 is 0 Å². The van der Waals surface area contributed by atoms with Crippen molar-refractivity contribution in [3.8, 4) is 11.5 Å². The molecule has 100 valence electrons. The molecule has 0 saturated carbocycles. The lowest BCUT2D eigenvalue weighted by Gasteiger charge is -2.15. The Balaban J connectivity index is 2.34. The topological polar surface area (TPSA) is 47.6 Å². The molecule has 1 unspecified atom stereocenters. The maximum Gasteiger partial charge on any atom is 0.220 e. The van der Waals surface area contributed by atoms with Gasteiger partial charge in [-0.25, -0.2) is 0 Å². The molecule has 1 amide bonds. The Morgan fingerprint density at radius 3 is 2.50 bits per heavy atom. The standard InChI is InChI=1S/C13H18BrNO3/c1-10(9-15-13(16)7-8-14)18-12-5-3-11(17-2)4-6-12/h3-6,10H,7-9H2,1-2H3,(H,15,16). The Morgan fingerprint density at radius 1 is 1.33 bits per heavy atom. The average Bonchev–Trinajstić information content (AvgIpc) is 2.38. The highest BCUT2D eigenvalue weighted by atomic mass is 79.9. The third-order valence-electron chi connectivity index (χ3n) is 2.30. The second-order valence-electron chi connectivity index (χ2n) is 3.85. The number of benzene rings is 1. The molecule has 18 heavy (non-hydrogen) atoms. The molecule has 4 nitrogen and oxygen atoms in total. The lowest BCUT2D eigenvalue weighted by molar-refractivity contribution is -0.121. The van der Waals surface area contributed by atoms with E-state index >= 15 is 0 Å². The molecular formula is C13H18BrNO3. The number of alkyl halides is 1. The van der Waals surface area contributed by atoms with E-state index in [1.807, 2.05) is 31.2 Å². The number of carbonyl (C=O) groups excluding carboxylic acids is 1. The summed E-state index contributed by atoms with van der Waals surface area (Å²) in [6, 6.07) is 7.36. The summed E-state index contributed by atoms with van der Waals surface area (Å²) in [5.41, 5.74) is 0. The van der Waals surface area contributed by atoms with Gasteiger partial charge in [0.05, 0.1) is 13.7 Å². The number of hydrogen-bond donors (Lipinski definition) is 1. The van der Waals surface area contributed by atoms with E-state index < -0.39 is 0 Å². The van der Waals surface area contributed by atoms with E-state index in [1.165, 1.54) is 0 Å². The zero-order chi connectivity index (χ0) is 13.4. The van der Waals surface area contributed by atoms with Crippen molar-refractivity contribution in [2.24, 2.45) is 0 Å². The maximum atomic E-state index is 11.3. The Hall–Kier alpha value is -1.23. The van der Waals surface area contributed by atoms with Crippen LogP contribution in [0.4, 0.5) is 0 Å². The first-order valence-corrected chi connectivity index (χ1v) is 6.91. The van der Waals surface area contributed by atoms with Crippen LogP contribution in [-0.4, -0.2) is 31.0 Å². The van der Waals surface area contributed by atoms with Crippen molar-refractivity contribution in [3.63, 3.8) is 0 Å². The van der Waals surface area contributed by atoms with Crippen molar-refractivity contribution in [3.05, 3.63) is 24.3 Å². The maximum absolute atomic E-state index is 11.3. The summed E-state index contributed by atoms with van der Waals surface area (Å²) in [4.78, 5) is 11.3. The molecule has 1 aromatic carbocycles. The average molecular weight is 316 g/mol. The summed E-state index contributed by atoms with van der Waals surface area (Å²) in [5.74, 6) is 1.58. The molecule has 0 bridgehead atoms.